The van der Waals surface area contributed by atoms with Crippen LogP contribution in [0, 0.1) is 11.8 Å². The molecule has 0 aromatic heterocycles. The monoisotopic (exact) mass is 338 g/mol. The number of ether oxygens (including phenoxy) is 2. The van der Waals surface area contributed by atoms with Gasteiger partial charge in [0.05, 0.1) is 11.7 Å². The summed E-state index contributed by atoms with van der Waals surface area (Å²) in [5.74, 6) is -0.573. The number of unbranched alkanes of at least 4 members (excludes halogenated alkanes) is 1. The van der Waals surface area contributed by atoms with Crippen LogP contribution >= 0.6 is 0 Å². The second-order valence-corrected chi connectivity index (χ2v) is 8.04. The molecule has 2 saturated carbocycles. The van der Waals surface area contributed by atoms with Gasteiger partial charge >= 0.3 is 5.97 Å². The van der Waals surface area contributed by atoms with E-state index in [4.69, 9.17) is 9.47 Å². The van der Waals surface area contributed by atoms with E-state index in [1.807, 2.05) is 6.92 Å². The number of hydrogen-bond donors (Lipinski definition) is 1. The van der Waals surface area contributed by atoms with Crippen LogP contribution in [0.4, 0.5) is 0 Å². The highest BCUT2D eigenvalue weighted by molar-refractivity contribution is 5.96. The molecule has 0 radical (unpaired) electrons. The first-order valence-electron chi connectivity index (χ1n) is 9.45. The van der Waals surface area contributed by atoms with Crippen LogP contribution in [0.2, 0.25) is 0 Å². The van der Waals surface area contributed by atoms with Gasteiger partial charge in [-0.25, -0.2) is 0 Å². The lowest BCUT2D eigenvalue weighted by Gasteiger charge is -2.43. The van der Waals surface area contributed by atoms with E-state index >= 15 is 0 Å². The van der Waals surface area contributed by atoms with Gasteiger partial charge in [-0.15, -0.1) is 0 Å². The summed E-state index contributed by atoms with van der Waals surface area (Å²) < 4.78 is 11.3. The van der Waals surface area contributed by atoms with Crippen molar-refractivity contribution in [3.05, 3.63) is 0 Å². The van der Waals surface area contributed by atoms with E-state index in [1.54, 1.807) is 0 Å². The summed E-state index contributed by atoms with van der Waals surface area (Å²) in [6.45, 7) is 5.43. The minimum absolute atomic E-state index is 0.0337. The van der Waals surface area contributed by atoms with Crippen molar-refractivity contribution in [2.45, 2.75) is 95.5 Å². The Morgan fingerprint density at radius 2 is 2.17 bits per heavy atom. The van der Waals surface area contributed by atoms with Gasteiger partial charge in [-0.1, -0.05) is 33.1 Å². The fourth-order valence-corrected chi connectivity index (χ4v) is 4.93. The normalized spacial score (nSPS) is 44.8. The Hall–Kier alpha value is -0.940. The summed E-state index contributed by atoms with van der Waals surface area (Å²) >= 11 is 0. The zero-order valence-electron chi connectivity index (χ0n) is 15.0. The smallest absolute Gasteiger partial charge is 0.303 e. The summed E-state index contributed by atoms with van der Waals surface area (Å²) in [7, 11) is 0. The summed E-state index contributed by atoms with van der Waals surface area (Å²) in [6, 6.07) is 0. The van der Waals surface area contributed by atoms with Crippen LogP contribution in [0.25, 0.3) is 0 Å². The molecular weight excluding hydrogens is 308 g/mol. The molecule has 6 atom stereocenters. The number of aliphatic hydroxyl groups is 1. The minimum atomic E-state index is -0.819. The highest BCUT2D eigenvalue weighted by Crippen LogP contribution is 2.57. The third-order valence-electron chi connectivity index (χ3n) is 6.42. The number of epoxide rings is 1. The fraction of sp³-hybridized carbons (Fsp3) is 0.895. The molecule has 1 aliphatic heterocycles. The maximum atomic E-state index is 13.1. The average Bonchev–Trinajstić information content (AvgIpc) is 3.27. The maximum absolute atomic E-state index is 13.1. The third-order valence-corrected chi connectivity index (χ3v) is 6.42. The molecule has 6 unspecified atom stereocenters. The molecule has 1 saturated heterocycles. The quantitative estimate of drug-likeness (QED) is 0.630. The molecule has 0 bridgehead atoms. The molecule has 1 N–H and O–H groups in total. The van der Waals surface area contributed by atoms with Gasteiger partial charge in [0.25, 0.3) is 0 Å². The van der Waals surface area contributed by atoms with E-state index in [9.17, 15) is 14.7 Å². The van der Waals surface area contributed by atoms with Crippen molar-refractivity contribution >= 4 is 11.8 Å². The number of carbonyl (C=O) groups excluding carboxylic acids is 2. The van der Waals surface area contributed by atoms with Crippen molar-refractivity contribution in [1.82, 2.24) is 0 Å². The van der Waals surface area contributed by atoms with Crippen LogP contribution in [0.3, 0.4) is 0 Å². The first-order chi connectivity index (χ1) is 11.3. The van der Waals surface area contributed by atoms with E-state index in [-0.39, 0.29) is 23.7 Å². The van der Waals surface area contributed by atoms with Crippen LogP contribution in [0.5, 0.6) is 0 Å². The molecule has 2 aliphatic carbocycles. The van der Waals surface area contributed by atoms with Gasteiger partial charge < -0.3 is 14.6 Å². The first-order valence-corrected chi connectivity index (χ1v) is 9.45. The van der Waals surface area contributed by atoms with Crippen LogP contribution in [0.15, 0.2) is 0 Å². The SMILES string of the molecule is CCCCC1(O)CC2CCCC3OC23C(=O)C(OC(C)=O)CC1C. The Labute approximate surface area is 144 Å². The highest BCUT2D eigenvalue weighted by atomic mass is 16.6. The van der Waals surface area contributed by atoms with Crippen molar-refractivity contribution in [3.63, 3.8) is 0 Å². The second kappa shape index (κ2) is 6.41. The van der Waals surface area contributed by atoms with Crippen molar-refractivity contribution in [2.75, 3.05) is 0 Å². The van der Waals surface area contributed by atoms with Gasteiger partial charge in [0.15, 0.2) is 11.7 Å². The molecule has 5 heteroatoms. The molecule has 24 heavy (non-hydrogen) atoms. The molecule has 3 aliphatic rings. The Bertz CT molecular complexity index is 518. The fourth-order valence-electron chi connectivity index (χ4n) is 4.93. The molecule has 1 spiro atoms. The van der Waals surface area contributed by atoms with E-state index < -0.39 is 23.3 Å². The van der Waals surface area contributed by atoms with Crippen molar-refractivity contribution in [1.29, 1.82) is 0 Å². The summed E-state index contributed by atoms with van der Waals surface area (Å²) in [4.78, 5) is 24.6. The van der Waals surface area contributed by atoms with Gasteiger partial charge in [-0.05, 0) is 38.0 Å². The lowest BCUT2D eigenvalue weighted by atomic mass is 9.64. The summed E-state index contributed by atoms with van der Waals surface area (Å²) in [5.41, 5.74) is -1.63. The number of ketones is 1. The molecule has 0 aromatic rings. The molecule has 5 nitrogen and oxygen atoms in total. The number of Topliss-reactive ketones (excluding diaryl/α,β-unsaturated/α-hetero) is 1. The average molecular weight is 338 g/mol. The predicted molar refractivity (Wildman–Crippen MR) is 88.4 cm³/mol. The summed E-state index contributed by atoms with van der Waals surface area (Å²) in [6.07, 6.45) is 5.67. The first kappa shape index (κ1) is 17.9. The molecule has 136 valence electrons. The standard InChI is InChI=1S/C19H30O5/c1-4-5-9-18(22)11-14-7-6-8-16-19(14,24-16)17(21)15(10-12(18)2)23-13(3)20/h12,14-16,22H,4-11H2,1-3H3. The van der Waals surface area contributed by atoms with E-state index in [0.717, 1.165) is 38.5 Å². The van der Waals surface area contributed by atoms with Gasteiger partial charge in [-0.3, -0.25) is 9.59 Å². The van der Waals surface area contributed by atoms with Crippen LogP contribution in [-0.4, -0.2) is 40.3 Å². The van der Waals surface area contributed by atoms with Crippen LogP contribution in [0.1, 0.15) is 72.1 Å². The van der Waals surface area contributed by atoms with Gasteiger partial charge in [0.2, 0.25) is 5.78 Å². The molecule has 0 amide bonds. The maximum Gasteiger partial charge on any atom is 0.303 e. The van der Waals surface area contributed by atoms with Crippen LogP contribution in [-0.2, 0) is 19.1 Å². The number of esters is 1. The number of hydrogen-bond acceptors (Lipinski definition) is 5. The molecule has 3 rings (SSSR count). The Morgan fingerprint density at radius 1 is 1.42 bits per heavy atom. The van der Waals surface area contributed by atoms with E-state index in [2.05, 4.69) is 6.92 Å². The van der Waals surface area contributed by atoms with Crippen molar-refractivity contribution in [2.24, 2.45) is 11.8 Å². The number of carbonyl (C=O) groups is 2. The summed E-state index contributed by atoms with van der Waals surface area (Å²) in [5, 5.41) is 11.4. The molecule has 3 fully saturated rings. The molecular formula is C19H30O5. The van der Waals surface area contributed by atoms with E-state index in [1.165, 1.54) is 6.92 Å². The second-order valence-electron chi connectivity index (χ2n) is 8.04. The van der Waals surface area contributed by atoms with E-state index in [0.29, 0.717) is 12.8 Å². The lowest BCUT2D eigenvalue weighted by molar-refractivity contribution is -0.163. The molecule has 0 aromatic carbocycles. The number of rotatable bonds is 4. The Kier molecular flexibility index (Phi) is 4.77. The zero-order chi connectivity index (χ0) is 17.5. The Morgan fingerprint density at radius 3 is 2.83 bits per heavy atom. The largest absolute Gasteiger partial charge is 0.454 e. The minimum Gasteiger partial charge on any atom is -0.454 e. The van der Waals surface area contributed by atoms with Crippen molar-refractivity contribution in [3.8, 4) is 0 Å². The van der Waals surface area contributed by atoms with Gasteiger partial charge in [0, 0.05) is 12.8 Å². The molecule has 1 heterocycles. The van der Waals surface area contributed by atoms with Gasteiger partial charge in [0.1, 0.15) is 0 Å². The lowest BCUT2D eigenvalue weighted by Crippen LogP contribution is -2.54. The van der Waals surface area contributed by atoms with Crippen molar-refractivity contribution < 1.29 is 24.2 Å². The zero-order valence-corrected chi connectivity index (χ0v) is 15.0. The third kappa shape index (κ3) is 2.90. The highest BCUT2D eigenvalue weighted by Gasteiger charge is 2.70. The Balaban J connectivity index is 1.92. The van der Waals surface area contributed by atoms with Crippen LogP contribution < -0.4 is 0 Å². The predicted octanol–water partition coefficient (Wildman–Crippen LogP) is 2.78. The topological polar surface area (TPSA) is 76.1 Å². The van der Waals surface area contributed by atoms with Gasteiger partial charge in [-0.2, -0.15) is 0 Å².